The van der Waals surface area contributed by atoms with Crippen LogP contribution in [0, 0.1) is 6.42 Å². The van der Waals surface area contributed by atoms with Crippen LogP contribution in [0.2, 0.25) is 0 Å². The molecular formula is C21H18N3O3. The third-order valence-electron chi connectivity index (χ3n) is 4.49. The van der Waals surface area contributed by atoms with E-state index < -0.39 is 5.91 Å². The first kappa shape index (κ1) is 16.9. The second kappa shape index (κ2) is 6.99. The fourth-order valence-electron chi connectivity index (χ4n) is 3.20. The van der Waals surface area contributed by atoms with Crippen LogP contribution in [0.4, 0.5) is 5.88 Å². The highest BCUT2D eigenvalue weighted by atomic mass is 16.3. The van der Waals surface area contributed by atoms with Gasteiger partial charge in [0.2, 0.25) is 17.7 Å². The number of anilines is 1. The normalized spacial score (nSPS) is 11.1. The SMILES string of the molecule is NC(=O)CN(C(=O)[CH]Cc1c[nH]c2ccccc12)c1occ2ccccc12. The van der Waals surface area contributed by atoms with Gasteiger partial charge in [0.1, 0.15) is 12.8 Å². The number of nitrogens with one attached hydrogen (secondary N) is 1. The number of primary amides is 1. The Morgan fingerprint density at radius 2 is 1.81 bits per heavy atom. The minimum absolute atomic E-state index is 0.249. The Morgan fingerprint density at radius 1 is 1.07 bits per heavy atom. The number of amides is 2. The molecule has 2 aromatic carbocycles. The maximum absolute atomic E-state index is 12.8. The van der Waals surface area contributed by atoms with E-state index in [9.17, 15) is 9.59 Å². The molecule has 0 saturated heterocycles. The number of benzene rings is 2. The lowest BCUT2D eigenvalue weighted by atomic mass is 10.1. The molecule has 2 aromatic heterocycles. The third-order valence-corrected chi connectivity index (χ3v) is 4.49. The Kier molecular flexibility index (Phi) is 4.38. The Labute approximate surface area is 155 Å². The van der Waals surface area contributed by atoms with Crippen molar-refractivity contribution in [1.29, 1.82) is 0 Å². The molecule has 0 aliphatic heterocycles. The average molecular weight is 360 g/mol. The first-order valence-corrected chi connectivity index (χ1v) is 8.57. The number of para-hydroxylation sites is 1. The summed E-state index contributed by atoms with van der Waals surface area (Å²) in [4.78, 5) is 28.8. The summed E-state index contributed by atoms with van der Waals surface area (Å²) in [6.07, 6.45) is 5.41. The smallest absolute Gasteiger partial charge is 0.237 e. The highest BCUT2D eigenvalue weighted by Crippen LogP contribution is 2.29. The van der Waals surface area contributed by atoms with Crippen molar-refractivity contribution >= 4 is 39.4 Å². The van der Waals surface area contributed by atoms with Gasteiger partial charge in [-0.1, -0.05) is 36.4 Å². The monoisotopic (exact) mass is 360 g/mol. The zero-order chi connectivity index (χ0) is 18.8. The van der Waals surface area contributed by atoms with Crippen molar-refractivity contribution in [3.05, 3.63) is 73.0 Å². The third kappa shape index (κ3) is 3.29. The van der Waals surface area contributed by atoms with Crippen molar-refractivity contribution in [3.63, 3.8) is 0 Å². The van der Waals surface area contributed by atoms with E-state index in [-0.39, 0.29) is 12.5 Å². The van der Waals surface area contributed by atoms with E-state index in [2.05, 4.69) is 4.98 Å². The molecule has 1 radical (unpaired) electrons. The van der Waals surface area contributed by atoms with Crippen molar-refractivity contribution < 1.29 is 14.0 Å². The molecule has 0 aliphatic rings. The van der Waals surface area contributed by atoms with Crippen LogP contribution in [0.3, 0.4) is 0 Å². The summed E-state index contributed by atoms with van der Waals surface area (Å²) in [6, 6.07) is 15.3. The molecule has 4 rings (SSSR count). The molecule has 6 heteroatoms. The molecule has 3 N–H and O–H groups in total. The van der Waals surface area contributed by atoms with E-state index in [1.54, 1.807) is 6.26 Å². The van der Waals surface area contributed by atoms with Crippen molar-refractivity contribution in [2.45, 2.75) is 6.42 Å². The zero-order valence-corrected chi connectivity index (χ0v) is 14.5. The molecule has 2 amide bonds. The molecule has 0 fully saturated rings. The molecule has 0 aliphatic carbocycles. The van der Waals surface area contributed by atoms with E-state index in [1.165, 1.54) is 11.3 Å². The number of hydrogen-bond donors (Lipinski definition) is 2. The van der Waals surface area contributed by atoms with Gasteiger partial charge in [0.15, 0.2) is 0 Å². The minimum Gasteiger partial charge on any atom is -0.447 e. The number of H-pyrrole nitrogens is 1. The fourth-order valence-corrected chi connectivity index (χ4v) is 3.20. The van der Waals surface area contributed by atoms with Crippen LogP contribution in [0.15, 0.2) is 65.4 Å². The number of fused-ring (bicyclic) bond motifs is 2. The molecule has 0 atom stereocenters. The number of carbonyl (C=O) groups excluding carboxylic acids is 2. The van der Waals surface area contributed by atoms with E-state index in [1.807, 2.05) is 54.7 Å². The molecule has 2 heterocycles. The lowest BCUT2D eigenvalue weighted by Gasteiger charge is -2.18. The van der Waals surface area contributed by atoms with Gasteiger partial charge in [-0.05, 0) is 24.1 Å². The summed E-state index contributed by atoms with van der Waals surface area (Å²) >= 11 is 0. The van der Waals surface area contributed by atoms with Gasteiger partial charge in [-0.15, -0.1) is 0 Å². The first-order valence-electron chi connectivity index (χ1n) is 8.57. The fraction of sp³-hybridized carbons (Fsp3) is 0.0952. The van der Waals surface area contributed by atoms with Crippen molar-refractivity contribution in [2.24, 2.45) is 5.73 Å². The predicted molar refractivity (Wildman–Crippen MR) is 104 cm³/mol. The summed E-state index contributed by atoms with van der Waals surface area (Å²) < 4.78 is 5.58. The highest BCUT2D eigenvalue weighted by molar-refractivity contribution is 6.07. The van der Waals surface area contributed by atoms with Crippen molar-refractivity contribution in [3.8, 4) is 0 Å². The summed E-state index contributed by atoms with van der Waals surface area (Å²) in [5.41, 5.74) is 7.37. The summed E-state index contributed by atoms with van der Waals surface area (Å²) in [7, 11) is 0. The second-order valence-corrected chi connectivity index (χ2v) is 6.29. The lowest BCUT2D eigenvalue weighted by Crippen LogP contribution is -2.38. The molecule has 27 heavy (non-hydrogen) atoms. The molecule has 135 valence electrons. The van der Waals surface area contributed by atoms with Crippen molar-refractivity contribution in [1.82, 2.24) is 4.98 Å². The molecule has 6 nitrogen and oxygen atoms in total. The average Bonchev–Trinajstić information content (AvgIpc) is 3.28. The quantitative estimate of drug-likeness (QED) is 0.553. The number of hydrogen-bond acceptors (Lipinski definition) is 3. The van der Waals surface area contributed by atoms with Gasteiger partial charge >= 0.3 is 0 Å². The van der Waals surface area contributed by atoms with E-state index in [0.717, 1.165) is 27.2 Å². The molecule has 0 spiro atoms. The van der Waals surface area contributed by atoms with Gasteiger partial charge in [-0.25, -0.2) is 0 Å². The van der Waals surface area contributed by atoms with E-state index in [4.69, 9.17) is 10.2 Å². The molecule has 0 unspecified atom stereocenters. The number of aromatic amines is 1. The van der Waals surface area contributed by atoms with E-state index in [0.29, 0.717) is 12.3 Å². The topological polar surface area (TPSA) is 92.3 Å². The number of carbonyl (C=O) groups is 2. The van der Waals surface area contributed by atoms with Crippen LogP contribution < -0.4 is 10.6 Å². The molecular weight excluding hydrogens is 342 g/mol. The van der Waals surface area contributed by atoms with Crippen LogP contribution >= 0.6 is 0 Å². The van der Waals surface area contributed by atoms with Crippen LogP contribution in [-0.2, 0) is 16.0 Å². The standard InChI is InChI=1S/C21H18N3O3/c22-19(25)12-24(21-17-7-2-1-5-15(17)13-27-21)20(26)10-9-14-11-23-18-8-4-3-6-16(14)18/h1-8,10-11,13,23H,9,12H2,(H2,22,25). The minimum atomic E-state index is -0.607. The maximum Gasteiger partial charge on any atom is 0.237 e. The van der Waals surface area contributed by atoms with Crippen LogP contribution in [0.25, 0.3) is 21.7 Å². The number of rotatable bonds is 6. The number of furan rings is 1. The number of nitrogens with two attached hydrogens (primary N) is 1. The Bertz CT molecular complexity index is 1130. The summed E-state index contributed by atoms with van der Waals surface area (Å²) in [5, 5.41) is 2.67. The number of nitrogens with zero attached hydrogens (tertiary/aromatic N) is 1. The van der Waals surface area contributed by atoms with Gasteiger partial charge in [-0.2, -0.15) is 0 Å². The number of aromatic nitrogens is 1. The molecule has 0 bridgehead atoms. The van der Waals surface area contributed by atoms with Crippen LogP contribution in [0.1, 0.15) is 5.56 Å². The van der Waals surface area contributed by atoms with E-state index >= 15 is 0 Å². The van der Waals surface area contributed by atoms with Gasteiger partial charge in [0.05, 0.1) is 6.42 Å². The largest absolute Gasteiger partial charge is 0.447 e. The Morgan fingerprint density at radius 3 is 2.63 bits per heavy atom. The predicted octanol–water partition coefficient (Wildman–Crippen LogP) is 3.18. The summed E-state index contributed by atoms with van der Waals surface area (Å²) in [5.74, 6) is -0.618. The summed E-state index contributed by atoms with van der Waals surface area (Å²) in [6.45, 7) is -0.249. The molecule has 4 aromatic rings. The van der Waals surface area contributed by atoms with Gasteiger partial charge in [-0.3, -0.25) is 14.5 Å². The molecule has 0 saturated carbocycles. The van der Waals surface area contributed by atoms with Crippen molar-refractivity contribution in [2.75, 3.05) is 11.4 Å². The first-order chi connectivity index (χ1) is 13.1. The zero-order valence-electron chi connectivity index (χ0n) is 14.5. The maximum atomic E-state index is 12.8. The lowest BCUT2D eigenvalue weighted by molar-refractivity contribution is -0.120. The van der Waals surface area contributed by atoms with Crippen LogP contribution in [-0.4, -0.2) is 23.3 Å². The van der Waals surface area contributed by atoms with Gasteiger partial charge in [0, 0.05) is 27.9 Å². The van der Waals surface area contributed by atoms with Gasteiger partial charge < -0.3 is 15.1 Å². The second-order valence-electron chi connectivity index (χ2n) is 6.29. The highest BCUT2D eigenvalue weighted by Gasteiger charge is 2.23. The Balaban J connectivity index is 1.59. The van der Waals surface area contributed by atoms with Crippen LogP contribution in [0.5, 0.6) is 0 Å². The van der Waals surface area contributed by atoms with Gasteiger partial charge in [0.25, 0.3) is 0 Å². The Hall–Kier alpha value is -3.54.